The van der Waals surface area contributed by atoms with Crippen molar-refractivity contribution in [2.45, 2.75) is 6.92 Å². The molecule has 0 heterocycles. The molecule has 84 valence electrons. The minimum atomic E-state index is -0.319. The molecule has 3 nitrogen and oxygen atoms in total. The number of nitrogens with two attached hydrogens (primary N) is 1. The monoisotopic (exact) mass is 220 g/mol. The lowest BCUT2D eigenvalue weighted by atomic mass is 10.1. The summed E-state index contributed by atoms with van der Waals surface area (Å²) in [6, 6.07) is 4.42. The minimum Gasteiger partial charge on any atom is -0.344 e. The van der Waals surface area contributed by atoms with Gasteiger partial charge >= 0.3 is 0 Å². The number of halogens is 1. The van der Waals surface area contributed by atoms with Crippen molar-refractivity contribution in [3.63, 3.8) is 0 Å². The van der Waals surface area contributed by atoms with Crippen LogP contribution in [0.3, 0.4) is 0 Å². The molecular weight excluding hydrogens is 207 g/mol. The highest BCUT2D eigenvalue weighted by Crippen LogP contribution is 2.08. The highest BCUT2D eigenvalue weighted by molar-refractivity contribution is 5.77. The lowest BCUT2D eigenvalue weighted by molar-refractivity contribution is -0.119. The van der Waals surface area contributed by atoms with E-state index in [0.717, 1.165) is 5.56 Å². The van der Waals surface area contributed by atoms with Gasteiger partial charge in [0, 0.05) is 5.56 Å². The predicted molar refractivity (Wildman–Crippen MR) is 60.1 cm³/mol. The van der Waals surface area contributed by atoms with E-state index in [-0.39, 0.29) is 24.8 Å². The normalized spacial score (nSPS) is 9.19. The van der Waals surface area contributed by atoms with Crippen LogP contribution in [-0.2, 0) is 4.79 Å². The van der Waals surface area contributed by atoms with Crippen molar-refractivity contribution >= 4 is 5.91 Å². The van der Waals surface area contributed by atoms with Crippen LogP contribution in [0.5, 0.6) is 0 Å². The van der Waals surface area contributed by atoms with Crippen LogP contribution >= 0.6 is 0 Å². The van der Waals surface area contributed by atoms with Gasteiger partial charge in [0.05, 0.1) is 13.1 Å². The van der Waals surface area contributed by atoms with Gasteiger partial charge in [-0.3, -0.25) is 4.79 Å². The molecule has 0 atom stereocenters. The van der Waals surface area contributed by atoms with Crippen LogP contribution in [0.1, 0.15) is 11.1 Å². The molecule has 3 N–H and O–H groups in total. The van der Waals surface area contributed by atoms with Crippen molar-refractivity contribution in [3.8, 4) is 11.8 Å². The third kappa shape index (κ3) is 3.71. The molecule has 0 bridgehead atoms. The molecule has 0 fully saturated rings. The average Bonchev–Trinajstić information content (AvgIpc) is 2.28. The van der Waals surface area contributed by atoms with E-state index in [0.29, 0.717) is 5.56 Å². The molecule has 1 amide bonds. The van der Waals surface area contributed by atoms with E-state index in [9.17, 15) is 9.18 Å². The summed E-state index contributed by atoms with van der Waals surface area (Å²) in [5, 5.41) is 2.51. The second-order valence-electron chi connectivity index (χ2n) is 3.24. The number of carbonyl (C=O) groups excluding carboxylic acids is 1. The first kappa shape index (κ1) is 12.2. The Morgan fingerprint density at radius 3 is 3.00 bits per heavy atom. The fraction of sp³-hybridized carbons (Fsp3) is 0.250. The molecule has 0 unspecified atom stereocenters. The van der Waals surface area contributed by atoms with E-state index >= 15 is 0 Å². The highest BCUT2D eigenvalue weighted by Gasteiger charge is 1.96. The summed E-state index contributed by atoms with van der Waals surface area (Å²) in [6.07, 6.45) is 0. The molecule has 0 aliphatic rings. The lowest BCUT2D eigenvalue weighted by Crippen LogP contribution is -2.30. The molecule has 0 aliphatic carbocycles. The molecule has 0 saturated heterocycles. The predicted octanol–water partition coefficient (Wildman–Crippen LogP) is 0.561. The van der Waals surface area contributed by atoms with Crippen molar-refractivity contribution in [1.82, 2.24) is 5.32 Å². The number of carbonyl (C=O) groups is 1. The first-order valence-corrected chi connectivity index (χ1v) is 4.85. The van der Waals surface area contributed by atoms with Crippen molar-refractivity contribution in [3.05, 3.63) is 35.1 Å². The number of nitrogens with one attached hydrogen (secondary N) is 1. The molecule has 16 heavy (non-hydrogen) atoms. The van der Waals surface area contributed by atoms with Crippen molar-refractivity contribution in [2.24, 2.45) is 5.73 Å². The zero-order valence-corrected chi connectivity index (χ0v) is 9.01. The van der Waals surface area contributed by atoms with Gasteiger partial charge in [-0.2, -0.15) is 0 Å². The SMILES string of the molecule is Cc1ccc(F)cc1C#CCNC(=O)CN. The van der Waals surface area contributed by atoms with Crippen molar-refractivity contribution in [2.75, 3.05) is 13.1 Å². The van der Waals surface area contributed by atoms with Crippen LogP contribution < -0.4 is 11.1 Å². The number of rotatable bonds is 2. The summed E-state index contributed by atoms with van der Waals surface area (Å²) in [6.45, 7) is 2.01. The maximum Gasteiger partial charge on any atom is 0.234 e. The van der Waals surface area contributed by atoms with Gasteiger partial charge in [-0.25, -0.2) is 4.39 Å². The Morgan fingerprint density at radius 2 is 2.31 bits per heavy atom. The number of amides is 1. The van der Waals surface area contributed by atoms with E-state index in [4.69, 9.17) is 5.73 Å². The van der Waals surface area contributed by atoms with Gasteiger partial charge in [0.15, 0.2) is 0 Å². The van der Waals surface area contributed by atoms with E-state index in [1.807, 2.05) is 6.92 Å². The molecule has 4 heteroatoms. The zero-order chi connectivity index (χ0) is 12.0. The van der Waals surface area contributed by atoms with Crippen LogP contribution in [0, 0.1) is 24.6 Å². The number of aryl methyl sites for hydroxylation is 1. The van der Waals surface area contributed by atoms with Gasteiger partial charge in [0.1, 0.15) is 5.82 Å². The Labute approximate surface area is 93.8 Å². The number of benzene rings is 1. The number of hydrogen-bond acceptors (Lipinski definition) is 2. The van der Waals surface area contributed by atoms with Crippen LogP contribution in [0.4, 0.5) is 4.39 Å². The maximum absolute atomic E-state index is 12.9. The second-order valence-corrected chi connectivity index (χ2v) is 3.24. The summed E-state index contributed by atoms with van der Waals surface area (Å²) >= 11 is 0. The Bertz CT molecular complexity index is 446. The minimum absolute atomic E-state index is 0.0549. The van der Waals surface area contributed by atoms with Crippen LogP contribution in [0.15, 0.2) is 18.2 Å². The topological polar surface area (TPSA) is 55.1 Å². The Kier molecular flexibility index (Phi) is 4.49. The molecule has 0 saturated carbocycles. The molecule has 1 rings (SSSR count). The fourth-order valence-electron chi connectivity index (χ4n) is 1.08. The van der Waals surface area contributed by atoms with Gasteiger partial charge in [0.2, 0.25) is 5.91 Å². The molecular formula is C12H13FN2O. The second kappa shape index (κ2) is 5.89. The number of hydrogen-bond donors (Lipinski definition) is 2. The summed E-state index contributed by atoms with van der Waals surface area (Å²) in [7, 11) is 0. The van der Waals surface area contributed by atoms with Crippen LogP contribution in [0.25, 0.3) is 0 Å². The van der Waals surface area contributed by atoms with E-state index in [2.05, 4.69) is 17.2 Å². The average molecular weight is 220 g/mol. The quantitative estimate of drug-likeness (QED) is 0.715. The van der Waals surface area contributed by atoms with Crippen LogP contribution in [-0.4, -0.2) is 19.0 Å². The van der Waals surface area contributed by atoms with Gasteiger partial charge < -0.3 is 11.1 Å². The van der Waals surface area contributed by atoms with Gasteiger partial charge in [-0.15, -0.1) is 0 Å². The Morgan fingerprint density at radius 1 is 1.56 bits per heavy atom. The molecule has 1 aromatic rings. The first-order valence-electron chi connectivity index (χ1n) is 4.85. The van der Waals surface area contributed by atoms with Gasteiger partial charge in [-0.1, -0.05) is 17.9 Å². The first-order chi connectivity index (χ1) is 7.63. The Hall–Kier alpha value is -1.86. The van der Waals surface area contributed by atoms with Crippen LogP contribution in [0.2, 0.25) is 0 Å². The van der Waals surface area contributed by atoms with Crippen molar-refractivity contribution in [1.29, 1.82) is 0 Å². The zero-order valence-electron chi connectivity index (χ0n) is 9.01. The molecule has 1 aromatic carbocycles. The summed E-state index contributed by atoms with van der Waals surface area (Å²) in [5.74, 6) is 4.94. The van der Waals surface area contributed by atoms with E-state index in [1.165, 1.54) is 12.1 Å². The molecule has 0 aromatic heterocycles. The van der Waals surface area contributed by atoms with E-state index in [1.54, 1.807) is 6.07 Å². The Balaban J connectivity index is 2.62. The molecule has 0 aliphatic heterocycles. The molecule has 0 radical (unpaired) electrons. The van der Waals surface area contributed by atoms with Gasteiger partial charge in [-0.05, 0) is 24.6 Å². The maximum atomic E-state index is 12.9. The van der Waals surface area contributed by atoms with E-state index < -0.39 is 0 Å². The third-order valence-corrected chi connectivity index (χ3v) is 1.98. The summed E-state index contributed by atoms with van der Waals surface area (Å²) < 4.78 is 12.9. The molecule has 0 spiro atoms. The van der Waals surface area contributed by atoms with Crippen molar-refractivity contribution < 1.29 is 9.18 Å². The lowest BCUT2D eigenvalue weighted by Gasteiger charge is -1.98. The standard InChI is InChI=1S/C12H13FN2O/c1-9-4-5-11(13)7-10(9)3-2-6-15-12(16)8-14/h4-5,7H,6,8,14H2,1H3,(H,15,16). The third-order valence-electron chi connectivity index (χ3n) is 1.98. The fourth-order valence-corrected chi connectivity index (χ4v) is 1.08. The smallest absolute Gasteiger partial charge is 0.234 e. The summed E-state index contributed by atoms with van der Waals surface area (Å²) in [4.78, 5) is 10.8. The highest BCUT2D eigenvalue weighted by atomic mass is 19.1. The largest absolute Gasteiger partial charge is 0.344 e. The van der Waals surface area contributed by atoms with Gasteiger partial charge in [0.25, 0.3) is 0 Å². The summed E-state index contributed by atoms with van der Waals surface area (Å²) in [5.41, 5.74) is 6.63.